The highest BCUT2D eigenvalue weighted by molar-refractivity contribution is 5.35. The van der Waals surface area contributed by atoms with Crippen molar-refractivity contribution < 1.29 is 0 Å². The molecule has 0 amide bonds. The predicted molar refractivity (Wildman–Crippen MR) is 59.4 cm³/mol. The van der Waals surface area contributed by atoms with Crippen molar-refractivity contribution in [2.24, 2.45) is 0 Å². The zero-order valence-electron chi connectivity index (χ0n) is 8.19. The molecular formula is C13H14N. The van der Waals surface area contributed by atoms with E-state index in [0.717, 1.165) is 12.8 Å². The molecule has 0 N–H and O–H groups in total. The highest BCUT2D eigenvalue weighted by Gasteiger charge is 1.94. The summed E-state index contributed by atoms with van der Waals surface area (Å²) in [5.74, 6) is 0. The van der Waals surface area contributed by atoms with Gasteiger partial charge in [0.2, 0.25) is 0 Å². The first-order chi connectivity index (χ1) is 6.90. The smallest absolute Gasteiger partial charge is 0.0449 e. The van der Waals surface area contributed by atoms with Gasteiger partial charge in [0, 0.05) is 18.1 Å². The first-order valence-electron chi connectivity index (χ1n) is 4.91. The Morgan fingerprint density at radius 1 is 1.00 bits per heavy atom. The molecule has 0 saturated carbocycles. The number of hydrogen-bond donors (Lipinski definition) is 0. The molecule has 2 rings (SSSR count). The van der Waals surface area contributed by atoms with E-state index in [1.165, 1.54) is 11.3 Å². The van der Waals surface area contributed by atoms with Crippen molar-refractivity contribution >= 4 is 0 Å². The van der Waals surface area contributed by atoms with Crippen LogP contribution < -0.4 is 0 Å². The summed E-state index contributed by atoms with van der Waals surface area (Å²) in [4.78, 5) is 0. The van der Waals surface area contributed by atoms with Crippen LogP contribution in [0.15, 0.2) is 48.8 Å². The SMILES string of the molecule is [CH2]CCc1ccc(-n2cccc2)cc1. The lowest BCUT2D eigenvalue weighted by Crippen LogP contribution is -1.90. The minimum Gasteiger partial charge on any atom is -0.324 e. The van der Waals surface area contributed by atoms with Gasteiger partial charge < -0.3 is 4.57 Å². The maximum Gasteiger partial charge on any atom is 0.0449 e. The molecule has 71 valence electrons. The Morgan fingerprint density at radius 2 is 1.64 bits per heavy atom. The van der Waals surface area contributed by atoms with E-state index in [4.69, 9.17) is 0 Å². The van der Waals surface area contributed by atoms with Gasteiger partial charge in [-0.3, -0.25) is 0 Å². The molecule has 0 aliphatic carbocycles. The van der Waals surface area contributed by atoms with Gasteiger partial charge in [0.25, 0.3) is 0 Å². The molecule has 1 radical (unpaired) electrons. The van der Waals surface area contributed by atoms with Crippen molar-refractivity contribution in [3.63, 3.8) is 0 Å². The summed E-state index contributed by atoms with van der Waals surface area (Å²) < 4.78 is 2.11. The fourth-order valence-corrected chi connectivity index (χ4v) is 1.55. The minimum atomic E-state index is 0.961. The molecule has 1 aromatic carbocycles. The van der Waals surface area contributed by atoms with E-state index in [1.807, 2.05) is 12.1 Å². The summed E-state index contributed by atoms with van der Waals surface area (Å²) in [6.45, 7) is 3.85. The van der Waals surface area contributed by atoms with Crippen LogP contribution in [0.3, 0.4) is 0 Å². The Labute approximate surface area is 85.0 Å². The summed E-state index contributed by atoms with van der Waals surface area (Å²) >= 11 is 0. The third-order valence-corrected chi connectivity index (χ3v) is 2.30. The van der Waals surface area contributed by atoms with Gasteiger partial charge in [0.15, 0.2) is 0 Å². The third-order valence-electron chi connectivity index (χ3n) is 2.30. The fraction of sp³-hybridized carbons (Fsp3) is 0.154. The molecular weight excluding hydrogens is 170 g/mol. The van der Waals surface area contributed by atoms with E-state index >= 15 is 0 Å². The highest BCUT2D eigenvalue weighted by atomic mass is 14.9. The summed E-state index contributed by atoms with van der Waals surface area (Å²) in [7, 11) is 0. The molecule has 2 aromatic rings. The lowest BCUT2D eigenvalue weighted by molar-refractivity contribution is 0.993. The Hall–Kier alpha value is -1.50. The maximum atomic E-state index is 3.85. The lowest BCUT2D eigenvalue weighted by atomic mass is 10.1. The average molecular weight is 184 g/mol. The van der Waals surface area contributed by atoms with Gasteiger partial charge >= 0.3 is 0 Å². The maximum absolute atomic E-state index is 3.85. The monoisotopic (exact) mass is 184 g/mol. The van der Waals surface area contributed by atoms with Crippen molar-refractivity contribution in [3.05, 3.63) is 61.3 Å². The number of nitrogens with zero attached hydrogens (tertiary/aromatic N) is 1. The molecule has 1 aromatic heterocycles. The van der Waals surface area contributed by atoms with Crippen molar-refractivity contribution in [1.82, 2.24) is 4.57 Å². The van der Waals surface area contributed by atoms with E-state index in [-0.39, 0.29) is 0 Å². The molecule has 1 nitrogen and oxygen atoms in total. The second-order valence-electron chi connectivity index (χ2n) is 3.36. The van der Waals surface area contributed by atoms with Crippen LogP contribution in [-0.4, -0.2) is 4.57 Å². The van der Waals surface area contributed by atoms with Crippen LogP contribution in [0.25, 0.3) is 5.69 Å². The van der Waals surface area contributed by atoms with E-state index in [9.17, 15) is 0 Å². The second-order valence-corrected chi connectivity index (χ2v) is 3.36. The fourth-order valence-electron chi connectivity index (χ4n) is 1.55. The molecule has 1 heterocycles. The number of aromatic nitrogens is 1. The lowest BCUT2D eigenvalue weighted by Gasteiger charge is -2.04. The molecule has 0 aliphatic rings. The largest absolute Gasteiger partial charge is 0.324 e. The third kappa shape index (κ3) is 1.87. The second kappa shape index (κ2) is 4.14. The summed E-state index contributed by atoms with van der Waals surface area (Å²) in [6, 6.07) is 12.7. The normalized spacial score (nSPS) is 10.4. The molecule has 0 fully saturated rings. The molecule has 0 aliphatic heterocycles. The van der Waals surface area contributed by atoms with Gasteiger partial charge in [0.05, 0.1) is 0 Å². The Bertz CT molecular complexity index is 370. The number of aryl methyl sites for hydroxylation is 1. The zero-order valence-corrected chi connectivity index (χ0v) is 8.19. The number of rotatable bonds is 3. The standard InChI is InChI=1S/C13H14N/c1-2-5-12-6-8-13(9-7-12)14-10-3-4-11-14/h3-4,6-11H,1-2,5H2. The predicted octanol–water partition coefficient (Wildman–Crippen LogP) is 3.24. The molecule has 0 spiro atoms. The van der Waals surface area contributed by atoms with Crippen LogP contribution in [0, 0.1) is 6.92 Å². The van der Waals surface area contributed by atoms with E-state index in [2.05, 4.69) is 48.1 Å². The molecule has 0 bridgehead atoms. The van der Waals surface area contributed by atoms with Gasteiger partial charge in [-0.1, -0.05) is 19.1 Å². The summed E-state index contributed by atoms with van der Waals surface area (Å²) in [5, 5.41) is 0. The molecule has 1 heteroatoms. The Balaban J connectivity index is 2.22. The van der Waals surface area contributed by atoms with Gasteiger partial charge in [-0.25, -0.2) is 0 Å². The Kier molecular flexibility index (Phi) is 2.68. The van der Waals surface area contributed by atoms with E-state index in [1.54, 1.807) is 0 Å². The van der Waals surface area contributed by atoms with Crippen LogP contribution in [0.4, 0.5) is 0 Å². The quantitative estimate of drug-likeness (QED) is 0.690. The van der Waals surface area contributed by atoms with Crippen LogP contribution in [0.1, 0.15) is 12.0 Å². The van der Waals surface area contributed by atoms with Crippen molar-refractivity contribution in [1.29, 1.82) is 0 Å². The number of benzene rings is 1. The first kappa shape index (κ1) is 9.07. The molecule has 0 atom stereocenters. The van der Waals surface area contributed by atoms with Gasteiger partial charge in [-0.2, -0.15) is 0 Å². The van der Waals surface area contributed by atoms with Gasteiger partial charge in [-0.15, -0.1) is 0 Å². The Morgan fingerprint density at radius 3 is 2.21 bits per heavy atom. The number of hydrogen-bond acceptors (Lipinski definition) is 0. The summed E-state index contributed by atoms with van der Waals surface area (Å²) in [6.07, 6.45) is 6.13. The van der Waals surface area contributed by atoms with Gasteiger partial charge in [0.1, 0.15) is 0 Å². The summed E-state index contributed by atoms with van der Waals surface area (Å²) in [5.41, 5.74) is 2.57. The topological polar surface area (TPSA) is 4.93 Å². The van der Waals surface area contributed by atoms with E-state index in [0.29, 0.717) is 0 Å². The van der Waals surface area contributed by atoms with Crippen LogP contribution in [0.2, 0.25) is 0 Å². The van der Waals surface area contributed by atoms with Crippen molar-refractivity contribution in [3.8, 4) is 5.69 Å². The van der Waals surface area contributed by atoms with Crippen LogP contribution in [0.5, 0.6) is 0 Å². The minimum absolute atomic E-state index is 0.961. The molecule has 14 heavy (non-hydrogen) atoms. The van der Waals surface area contributed by atoms with Gasteiger partial charge in [-0.05, 0) is 42.7 Å². The van der Waals surface area contributed by atoms with Crippen LogP contribution >= 0.6 is 0 Å². The average Bonchev–Trinajstić information content (AvgIpc) is 2.72. The van der Waals surface area contributed by atoms with E-state index < -0.39 is 0 Å². The van der Waals surface area contributed by atoms with Crippen molar-refractivity contribution in [2.75, 3.05) is 0 Å². The highest BCUT2D eigenvalue weighted by Crippen LogP contribution is 2.10. The van der Waals surface area contributed by atoms with Crippen molar-refractivity contribution in [2.45, 2.75) is 12.8 Å². The molecule has 0 saturated heterocycles. The first-order valence-corrected chi connectivity index (χ1v) is 4.91. The van der Waals surface area contributed by atoms with Crippen LogP contribution in [-0.2, 0) is 6.42 Å². The molecule has 0 unspecified atom stereocenters. The zero-order chi connectivity index (χ0) is 9.80.